The van der Waals surface area contributed by atoms with E-state index in [2.05, 4.69) is 36.0 Å². The topological polar surface area (TPSA) is 29.3 Å². The molecule has 4 heterocycles. The van der Waals surface area contributed by atoms with Crippen LogP contribution in [0.15, 0.2) is 16.2 Å². The molecule has 3 aliphatic rings. The Morgan fingerprint density at radius 2 is 2.05 bits per heavy atom. The van der Waals surface area contributed by atoms with Crippen molar-refractivity contribution in [2.24, 2.45) is 11.8 Å². The monoisotopic (exact) mass is 288 g/mol. The van der Waals surface area contributed by atoms with Gasteiger partial charge in [-0.05, 0) is 62.8 Å². The molecule has 3 heteroatoms. The van der Waals surface area contributed by atoms with Gasteiger partial charge in [0.15, 0.2) is 5.76 Å². The molecule has 2 bridgehead atoms. The van der Waals surface area contributed by atoms with Crippen LogP contribution in [0.5, 0.6) is 0 Å². The van der Waals surface area contributed by atoms with Crippen molar-refractivity contribution in [1.82, 2.24) is 10.1 Å². The summed E-state index contributed by atoms with van der Waals surface area (Å²) in [4.78, 5) is 2.70. The van der Waals surface area contributed by atoms with Gasteiger partial charge in [-0.15, -0.1) is 0 Å². The molecule has 0 saturated carbocycles. The van der Waals surface area contributed by atoms with Crippen molar-refractivity contribution >= 4 is 6.08 Å². The first-order valence-electron chi connectivity index (χ1n) is 8.60. The molecule has 3 nitrogen and oxygen atoms in total. The highest BCUT2D eigenvalue weighted by Crippen LogP contribution is 2.40. The van der Waals surface area contributed by atoms with Gasteiger partial charge < -0.3 is 4.52 Å². The Kier molecular flexibility index (Phi) is 4.48. The van der Waals surface area contributed by atoms with Crippen LogP contribution in [0.4, 0.5) is 0 Å². The van der Waals surface area contributed by atoms with Gasteiger partial charge in [0.25, 0.3) is 0 Å². The predicted molar refractivity (Wildman–Crippen MR) is 86.0 cm³/mol. The van der Waals surface area contributed by atoms with Gasteiger partial charge in [0, 0.05) is 12.1 Å². The SMILES string of the molecule is CCC(CC)C[C@@H]1/C(=C/c2cc(C)no2)C2CCN1CC2. The van der Waals surface area contributed by atoms with Crippen molar-refractivity contribution in [3.63, 3.8) is 0 Å². The lowest BCUT2D eigenvalue weighted by atomic mass is 9.75. The van der Waals surface area contributed by atoms with Crippen LogP contribution in [0.3, 0.4) is 0 Å². The largest absolute Gasteiger partial charge is 0.357 e. The summed E-state index contributed by atoms with van der Waals surface area (Å²) in [6.07, 6.45) is 8.82. The quantitative estimate of drug-likeness (QED) is 0.809. The molecular weight excluding hydrogens is 260 g/mol. The minimum Gasteiger partial charge on any atom is -0.357 e. The van der Waals surface area contributed by atoms with Gasteiger partial charge in [-0.3, -0.25) is 4.90 Å². The Labute approximate surface area is 128 Å². The van der Waals surface area contributed by atoms with Crippen molar-refractivity contribution in [1.29, 1.82) is 0 Å². The van der Waals surface area contributed by atoms with Crippen molar-refractivity contribution < 1.29 is 4.52 Å². The Balaban J connectivity index is 1.85. The average Bonchev–Trinajstić information content (AvgIpc) is 2.92. The van der Waals surface area contributed by atoms with Gasteiger partial charge in [-0.25, -0.2) is 0 Å². The summed E-state index contributed by atoms with van der Waals surface area (Å²) in [7, 11) is 0. The molecule has 1 aromatic heterocycles. The summed E-state index contributed by atoms with van der Waals surface area (Å²) in [6.45, 7) is 9.20. The smallest absolute Gasteiger partial charge is 0.159 e. The highest BCUT2D eigenvalue weighted by molar-refractivity contribution is 5.51. The second-order valence-electron chi connectivity index (χ2n) is 6.76. The maximum Gasteiger partial charge on any atom is 0.159 e. The van der Waals surface area contributed by atoms with Crippen LogP contribution < -0.4 is 0 Å². The highest BCUT2D eigenvalue weighted by Gasteiger charge is 2.38. The number of fused-ring (bicyclic) bond motifs is 3. The van der Waals surface area contributed by atoms with E-state index in [1.807, 2.05) is 6.92 Å². The van der Waals surface area contributed by atoms with Crippen molar-refractivity contribution in [3.8, 4) is 0 Å². The molecule has 3 fully saturated rings. The molecule has 0 amide bonds. The van der Waals surface area contributed by atoms with Gasteiger partial charge >= 0.3 is 0 Å². The van der Waals surface area contributed by atoms with Gasteiger partial charge in [0.05, 0.1) is 5.69 Å². The van der Waals surface area contributed by atoms with Crippen LogP contribution in [0.25, 0.3) is 6.08 Å². The molecule has 1 aromatic rings. The van der Waals surface area contributed by atoms with Crippen LogP contribution in [0.2, 0.25) is 0 Å². The average molecular weight is 288 g/mol. The third kappa shape index (κ3) is 3.08. The highest BCUT2D eigenvalue weighted by atomic mass is 16.5. The van der Waals surface area contributed by atoms with Gasteiger partial charge in [0.2, 0.25) is 0 Å². The molecule has 0 unspecified atom stereocenters. The van der Waals surface area contributed by atoms with E-state index in [4.69, 9.17) is 4.52 Å². The van der Waals surface area contributed by atoms with Crippen LogP contribution in [-0.4, -0.2) is 29.2 Å². The molecule has 0 radical (unpaired) electrons. The maximum atomic E-state index is 5.44. The number of piperidine rings is 3. The van der Waals surface area contributed by atoms with Gasteiger partial charge in [-0.1, -0.05) is 31.8 Å². The van der Waals surface area contributed by atoms with Gasteiger partial charge in [0.1, 0.15) is 0 Å². The summed E-state index contributed by atoms with van der Waals surface area (Å²) in [6, 6.07) is 2.69. The first kappa shape index (κ1) is 14.8. The number of nitrogens with zero attached hydrogens (tertiary/aromatic N) is 2. The normalized spacial score (nSPS) is 30.5. The summed E-state index contributed by atoms with van der Waals surface area (Å²) in [5, 5.41) is 4.03. The lowest BCUT2D eigenvalue weighted by Gasteiger charge is -2.48. The molecule has 0 N–H and O–H groups in total. The summed E-state index contributed by atoms with van der Waals surface area (Å²) in [5.74, 6) is 2.54. The summed E-state index contributed by atoms with van der Waals surface area (Å²) in [5.41, 5.74) is 2.58. The van der Waals surface area contributed by atoms with Crippen LogP contribution in [0, 0.1) is 18.8 Å². The minimum atomic E-state index is 0.632. The third-order valence-corrected chi connectivity index (χ3v) is 5.49. The molecule has 0 aliphatic carbocycles. The summed E-state index contributed by atoms with van der Waals surface area (Å²) >= 11 is 0. The number of aromatic nitrogens is 1. The molecule has 0 spiro atoms. The first-order chi connectivity index (χ1) is 10.2. The van der Waals surface area contributed by atoms with Crippen LogP contribution in [-0.2, 0) is 0 Å². The molecule has 21 heavy (non-hydrogen) atoms. The van der Waals surface area contributed by atoms with E-state index in [0.29, 0.717) is 6.04 Å². The Morgan fingerprint density at radius 3 is 2.62 bits per heavy atom. The number of rotatable bonds is 5. The molecule has 3 aliphatic heterocycles. The van der Waals surface area contributed by atoms with E-state index in [1.165, 1.54) is 45.2 Å². The fraction of sp³-hybridized carbons (Fsp3) is 0.722. The zero-order valence-corrected chi connectivity index (χ0v) is 13.6. The second kappa shape index (κ2) is 6.35. The first-order valence-corrected chi connectivity index (χ1v) is 8.60. The molecule has 4 rings (SSSR count). The lowest BCUT2D eigenvalue weighted by molar-refractivity contribution is 0.0881. The maximum absolute atomic E-state index is 5.44. The Morgan fingerprint density at radius 1 is 1.33 bits per heavy atom. The molecular formula is C18H28N2O. The van der Waals surface area contributed by atoms with Crippen molar-refractivity contribution in [3.05, 3.63) is 23.1 Å². The van der Waals surface area contributed by atoms with E-state index in [1.54, 1.807) is 5.57 Å². The Hall–Kier alpha value is -1.09. The summed E-state index contributed by atoms with van der Waals surface area (Å²) < 4.78 is 5.44. The number of aryl methyl sites for hydroxylation is 1. The second-order valence-corrected chi connectivity index (χ2v) is 6.76. The lowest BCUT2D eigenvalue weighted by Crippen LogP contribution is -2.50. The zero-order valence-electron chi connectivity index (χ0n) is 13.6. The predicted octanol–water partition coefficient (Wildman–Crippen LogP) is 4.29. The number of hydrogen-bond acceptors (Lipinski definition) is 3. The third-order valence-electron chi connectivity index (χ3n) is 5.49. The van der Waals surface area contributed by atoms with E-state index in [-0.39, 0.29) is 0 Å². The molecule has 0 aromatic carbocycles. The van der Waals surface area contributed by atoms with E-state index in [0.717, 1.165) is 23.3 Å². The fourth-order valence-corrected chi connectivity index (χ4v) is 4.08. The molecule has 116 valence electrons. The van der Waals surface area contributed by atoms with E-state index < -0.39 is 0 Å². The molecule has 1 atom stereocenters. The van der Waals surface area contributed by atoms with Crippen LogP contribution >= 0.6 is 0 Å². The fourth-order valence-electron chi connectivity index (χ4n) is 4.08. The standard InChI is InChI=1S/C18H28N2O/c1-4-14(5-2)11-18-17(12-16-10-13(3)19-21-16)15-6-8-20(18)9-7-15/h10,12,14-15,18H,4-9,11H2,1-3H3/b17-12+/t18-/m1/s1. The van der Waals surface area contributed by atoms with Crippen molar-refractivity contribution in [2.75, 3.05) is 13.1 Å². The van der Waals surface area contributed by atoms with E-state index >= 15 is 0 Å². The van der Waals surface area contributed by atoms with Gasteiger partial charge in [-0.2, -0.15) is 0 Å². The zero-order chi connectivity index (χ0) is 14.8. The number of hydrogen-bond donors (Lipinski definition) is 0. The Bertz CT molecular complexity index is 493. The van der Waals surface area contributed by atoms with Crippen molar-refractivity contribution in [2.45, 2.75) is 58.9 Å². The molecule has 3 saturated heterocycles. The van der Waals surface area contributed by atoms with Crippen LogP contribution in [0.1, 0.15) is 57.4 Å². The minimum absolute atomic E-state index is 0.632. The van der Waals surface area contributed by atoms with E-state index in [9.17, 15) is 0 Å².